The van der Waals surface area contributed by atoms with E-state index in [0.29, 0.717) is 5.56 Å². The molecular weight excluding hydrogens is 260 g/mol. The number of aryl methyl sites for hydroxylation is 1. The van der Waals surface area contributed by atoms with Gasteiger partial charge in [0.05, 0.1) is 16.8 Å². The molecule has 0 bridgehead atoms. The van der Waals surface area contributed by atoms with E-state index in [1.54, 1.807) is 29.5 Å². The number of carboxylic acid groups (broad SMARTS) is 1. The molecule has 0 fully saturated rings. The number of rotatable bonds is 5. The molecule has 0 amide bonds. The van der Waals surface area contributed by atoms with Crippen molar-refractivity contribution in [3.63, 3.8) is 0 Å². The van der Waals surface area contributed by atoms with E-state index >= 15 is 0 Å². The molecule has 1 aromatic heterocycles. The van der Waals surface area contributed by atoms with Crippen molar-refractivity contribution in [2.75, 3.05) is 7.05 Å². The topological polar surface area (TPSA) is 53.4 Å². The van der Waals surface area contributed by atoms with Crippen molar-refractivity contribution in [1.29, 1.82) is 0 Å². The summed E-state index contributed by atoms with van der Waals surface area (Å²) >= 11 is 1.65. The molecule has 0 saturated carbocycles. The van der Waals surface area contributed by atoms with E-state index in [0.717, 1.165) is 24.3 Å². The summed E-state index contributed by atoms with van der Waals surface area (Å²) in [6.45, 7) is 3.55. The summed E-state index contributed by atoms with van der Waals surface area (Å²) in [6, 6.07) is 7.06. The summed E-state index contributed by atoms with van der Waals surface area (Å²) in [4.78, 5) is 18.5. The Morgan fingerprint density at radius 2 is 2.21 bits per heavy atom. The second kappa shape index (κ2) is 5.95. The summed E-state index contributed by atoms with van der Waals surface area (Å²) in [5.74, 6) is -0.886. The molecule has 0 spiro atoms. The first-order valence-electron chi connectivity index (χ1n) is 5.96. The van der Waals surface area contributed by atoms with Crippen LogP contribution in [0.25, 0.3) is 0 Å². The number of aromatic carboxylic acids is 1. The number of nitrogens with zero attached hydrogens (tertiary/aromatic N) is 2. The Balaban J connectivity index is 2.02. The summed E-state index contributed by atoms with van der Waals surface area (Å²) in [7, 11) is 2.02. The Kier molecular flexibility index (Phi) is 4.29. The lowest BCUT2D eigenvalue weighted by Crippen LogP contribution is -2.17. The molecule has 1 aromatic carbocycles. The third-order valence-corrected chi connectivity index (χ3v) is 3.80. The van der Waals surface area contributed by atoms with Crippen molar-refractivity contribution in [2.45, 2.75) is 20.0 Å². The van der Waals surface area contributed by atoms with Gasteiger partial charge in [-0.25, -0.2) is 9.78 Å². The Morgan fingerprint density at radius 1 is 1.42 bits per heavy atom. The van der Waals surface area contributed by atoms with Crippen LogP contribution in [0.5, 0.6) is 0 Å². The Morgan fingerprint density at radius 3 is 2.84 bits per heavy atom. The van der Waals surface area contributed by atoms with Crippen LogP contribution in [0.3, 0.4) is 0 Å². The van der Waals surface area contributed by atoms with Gasteiger partial charge in [0.25, 0.3) is 0 Å². The molecule has 2 aromatic rings. The maximum Gasteiger partial charge on any atom is 0.335 e. The SMILES string of the molecule is Cc1ncsc1CN(C)Cc1cccc(C(=O)O)c1. The number of hydrogen-bond donors (Lipinski definition) is 1. The highest BCUT2D eigenvalue weighted by Crippen LogP contribution is 2.16. The van der Waals surface area contributed by atoms with Gasteiger partial charge in [-0.1, -0.05) is 12.1 Å². The fraction of sp³-hybridized carbons (Fsp3) is 0.286. The summed E-state index contributed by atoms with van der Waals surface area (Å²) in [6.07, 6.45) is 0. The highest BCUT2D eigenvalue weighted by molar-refractivity contribution is 7.09. The minimum Gasteiger partial charge on any atom is -0.478 e. The van der Waals surface area contributed by atoms with Gasteiger partial charge in [0.15, 0.2) is 0 Å². The van der Waals surface area contributed by atoms with Crippen molar-refractivity contribution in [1.82, 2.24) is 9.88 Å². The standard InChI is InChI=1S/C14H16N2O2S/c1-10-13(19-9-15-10)8-16(2)7-11-4-3-5-12(6-11)14(17)18/h3-6,9H,7-8H2,1-2H3,(H,17,18). The molecule has 1 N–H and O–H groups in total. The van der Waals surface area contributed by atoms with Gasteiger partial charge >= 0.3 is 5.97 Å². The molecule has 0 aliphatic heterocycles. The van der Waals surface area contributed by atoms with E-state index in [9.17, 15) is 4.79 Å². The fourth-order valence-electron chi connectivity index (χ4n) is 1.89. The van der Waals surface area contributed by atoms with Gasteiger partial charge in [-0.3, -0.25) is 4.90 Å². The molecule has 5 heteroatoms. The molecule has 0 unspecified atom stereocenters. The van der Waals surface area contributed by atoms with E-state index in [-0.39, 0.29) is 0 Å². The molecule has 19 heavy (non-hydrogen) atoms. The van der Waals surface area contributed by atoms with Crippen LogP contribution >= 0.6 is 11.3 Å². The number of carbonyl (C=O) groups is 1. The van der Waals surface area contributed by atoms with E-state index in [2.05, 4.69) is 9.88 Å². The molecule has 2 rings (SSSR count). The summed E-state index contributed by atoms with van der Waals surface area (Å²) in [5, 5.41) is 8.97. The smallest absolute Gasteiger partial charge is 0.335 e. The Hall–Kier alpha value is -1.72. The minimum absolute atomic E-state index is 0.333. The molecule has 0 saturated heterocycles. The maximum atomic E-state index is 10.9. The van der Waals surface area contributed by atoms with Crippen molar-refractivity contribution in [3.05, 3.63) is 51.5 Å². The van der Waals surface area contributed by atoms with Gasteiger partial charge in [-0.05, 0) is 31.7 Å². The predicted octanol–water partition coefficient (Wildman–Crippen LogP) is 2.78. The van der Waals surface area contributed by atoms with Crippen LogP contribution in [-0.2, 0) is 13.1 Å². The molecule has 100 valence electrons. The lowest BCUT2D eigenvalue weighted by Gasteiger charge is -2.16. The first-order chi connectivity index (χ1) is 9.06. The zero-order chi connectivity index (χ0) is 13.8. The summed E-state index contributed by atoms with van der Waals surface area (Å²) in [5.41, 5.74) is 4.25. The second-order valence-corrected chi connectivity index (χ2v) is 5.48. The highest BCUT2D eigenvalue weighted by atomic mass is 32.1. The molecular formula is C14H16N2O2S. The van der Waals surface area contributed by atoms with Crippen LogP contribution in [0.4, 0.5) is 0 Å². The lowest BCUT2D eigenvalue weighted by molar-refractivity contribution is 0.0696. The van der Waals surface area contributed by atoms with E-state index in [1.807, 2.05) is 25.5 Å². The summed E-state index contributed by atoms with van der Waals surface area (Å²) < 4.78 is 0. The first kappa shape index (κ1) is 13.7. The van der Waals surface area contributed by atoms with Crippen LogP contribution in [0.15, 0.2) is 29.8 Å². The van der Waals surface area contributed by atoms with Crippen LogP contribution in [0.1, 0.15) is 26.5 Å². The van der Waals surface area contributed by atoms with Crippen LogP contribution in [-0.4, -0.2) is 28.0 Å². The first-order valence-corrected chi connectivity index (χ1v) is 6.84. The van der Waals surface area contributed by atoms with E-state index in [1.165, 1.54) is 4.88 Å². The normalized spacial score (nSPS) is 10.9. The Bertz CT molecular complexity index is 580. The van der Waals surface area contributed by atoms with Crippen molar-refractivity contribution >= 4 is 17.3 Å². The van der Waals surface area contributed by atoms with E-state index < -0.39 is 5.97 Å². The van der Waals surface area contributed by atoms with E-state index in [4.69, 9.17) is 5.11 Å². The molecule has 0 aliphatic rings. The van der Waals surface area contributed by atoms with Gasteiger partial charge in [-0.2, -0.15) is 0 Å². The third-order valence-electron chi connectivity index (χ3n) is 2.88. The van der Waals surface area contributed by atoms with Crippen molar-refractivity contribution in [3.8, 4) is 0 Å². The van der Waals surface area contributed by atoms with Gasteiger partial charge in [-0.15, -0.1) is 11.3 Å². The second-order valence-electron chi connectivity index (χ2n) is 4.54. The van der Waals surface area contributed by atoms with Crippen molar-refractivity contribution < 1.29 is 9.90 Å². The largest absolute Gasteiger partial charge is 0.478 e. The number of thiazole rings is 1. The molecule has 0 radical (unpaired) electrons. The average Bonchev–Trinajstić information content (AvgIpc) is 2.75. The lowest BCUT2D eigenvalue weighted by atomic mass is 10.1. The van der Waals surface area contributed by atoms with Gasteiger partial charge in [0.1, 0.15) is 0 Å². The predicted molar refractivity (Wildman–Crippen MR) is 75.4 cm³/mol. The fourth-order valence-corrected chi connectivity index (χ4v) is 2.75. The highest BCUT2D eigenvalue weighted by Gasteiger charge is 2.08. The number of aromatic nitrogens is 1. The Labute approximate surface area is 116 Å². The maximum absolute atomic E-state index is 10.9. The van der Waals surface area contributed by atoms with Gasteiger partial charge in [0.2, 0.25) is 0 Å². The third kappa shape index (κ3) is 3.62. The van der Waals surface area contributed by atoms with Crippen LogP contribution < -0.4 is 0 Å². The van der Waals surface area contributed by atoms with Gasteiger partial charge < -0.3 is 5.11 Å². The van der Waals surface area contributed by atoms with Crippen LogP contribution in [0.2, 0.25) is 0 Å². The molecule has 0 aliphatic carbocycles. The quantitative estimate of drug-likeness (QED) is 0.912. The average molecular weight is 276 g/mol. The monoisotopic (exact) mass is 276 g/mol. The molecule has 0 atom stereocenters. The number of hydrogen-bond acceptors (Lipinski definition) is 4. The van der Waals surface area contributed by atoms with Crippen molar-refractivity contribution in [2.24, 2.45) is 0 Å². The molecule has 4 nitrogen and oxygen atoms in total. The van der Waals surface area contributed by atoms with Gasteiger partial charge in [0, 0.05) is 18.0 Å². The molecule has 1 heterocycles. The minimum atomic E-state index is -0.886. The zero-order valence-electron chi connectivity index (χ0n) is 11.0. The number of carboxylic acids is 1. The zero-order valence-corrected chi connectivity index (χ0v) is 11.8. The number of benzene rings is 1. The van der Waals surface area contributed by atoms with Crippen LogP contribution in [0, 0.1) is 6.92 Å².